The Bertz CT molecular complexity index is 1390. The van der Waals surface area contributed by atoms with Crippen molar-refractivity contribution < 1.29 is 8.42 Å². The molecule has 176 valence electrons. The highest BCUT2D eigenvalue weighted by molar-refractivity contribution is 7.92. The molecule has 4 aromatic rings. The first-order valence-corrected chi connectivity index (χ1v) is 13.3. The number of hydrogen-bond acceptors (Lipinski definition) is 5. The second kappa shape index (κ2) is 9.21. The maximum Gasteiger partial charge on any atom is 0.229 e. The van der Waals surface area contributed by atoms with Crippen molar-refractivity contribution >= 4 is 26.7 Å². The van der Waals surface area contributed by atoms with Gasteiger partial charge < -0.3 is 9.88 Å². The van der Waals surface area contributed by atoms with E-state index < -0.39 is 10.0 Å². The number of anilines is 1. The van der Waals surface area contributed by atoms with Crippen molar-refractivity contribution in [1.82, 2.24) is 19.8 Å². The number of fused-ring (bicyclic) bond motifs is 1. The highest BCUT2D eigenvalue weighted by atomic mass is 32.2. The van der Waals surface area contributed by atoms with Gasteiger partial charge in [0.25, 0.3) is 0 Å². The lowest BCUT2D eigenvalue weighted by molar-refractivity contribution is 0.148. The molecule has 2 aromatic carbocycles. The number of benzene rings is 2. The van der Waals surface area contributed by atoms with Crippen LogP contribution in [-0.4, -0.2) is 67.7 Å². The molecule has 0 amide bonds. The van der Waals surface area contributed by atoms with Gasteiger partial charge in [-0.25, -0.2) is 13.4 Å². The Morgan fingerprint density at radius 1 is 0.941 bits per heavy atom. The maximum absolute atomic E-state index is 11.5. The molecular weight excluding hydrogens is 446 g/mol. The minimum atomic E-state index is -3.30. The molecule has 2 N–H and O–H groups in total. The topological polar surface area (TPSA) is 81.3 Å². The molecule has 1 aliphatic rings. The average Bonchev–Trinajstić information content (AvgIpc) is 3.24. The molecule has 0 atom stereocenters. The lowest BCUT2D eigenvalue weighted by atomic mass is 10.0. The molecule has 1 fully saturated rings. The first-order chi connectivity index (χ1) is 16.3. The van der Waals surface area contributed by atoms with E-state index in [2.05, 4.69) is 61.9 Å². The van der Waals surface area contributed by atoms with Crippen LogP contribution in [0.15, 0.2) is 67.0 Å². The Balaban J connectivity index is 1.36. The molecule has 0 unspecified atom stereocenters. The van der Waals surface area contributed by atoms with E-state index in [1.165, 1.54) is 5.56 Å². The van der Waals surface area contributed by atoms with Gasteiger partial charge in [0, 0.05) is 67.3 Å². The molecule has 7 nitrogen and oxygen atoms in total. The van der Waals surface area contributed by atoms with Crippen molar-refractivity contribution in [2.75, 3.05) is 44.2 Å². The zero-order valence-corrected chi connectivity index (χ0v) is 20.3. The molecule has 3 heterocycles. The minimum absolute atomic E-state index is 0.543. The molecule has 0 bridgehead atoms. The molecule has 34 heavy (non-hydrogen) atoms. The van der Waals surface area contributed by atoms with E-state index in [0.717, 1.165) is 72.3 Å². The van der Waals surface area contributed by atoms with Gasteiger partial charge in [0.05, 0.1) is 6.26 Å². The van der Waals surface area contributed by atoms with E-state index in [4.69, 9.17) is 0 Å². The second-order valence-electron chi connectivity index (χ2n) is 9.05. The van der Waals surface area contributed by atoms with Crippen molar-refractivity contribution in [3.63, 3.8) is 0 Å². The van der Waals surface area contributed by atoms with Gasteiger partial charge in [-0.05, 0) is 41.9 Å². The van der Waals surface area contributed by atoms with Crippen LogP contribution >= 0.6 is 0 Å². The number of nitrogens with zero attached hydrogens (tertiary/aromatic N) is 3. The van der Waals surface area contributed by atoms with E-state index in [1.54, 1.807) is 12.1 Å². The van der Waals surface area contributed by atoms with Gasteiger partial charge >= 0.3 is 0 Å². The summed E-state index contributed by atoms with van der Waals surface area (Å²) in [6, 6.07) is 18.3. The molecule has 0 radical (unpaired) electrons. The van der Waals surface area contributed by atoms with Crippen LogP contribution in [0.1, 0.15) is 5.56 Å². The number of aromatic nitrogens is 2. The lowest BCUT2D eigenvalue weighted by Gasteiger charge is -2.32. The van der Waals surface area contributed by atoms with Crippen molar-refractivity contribution in [1.29, 1.82) is 0 Å². The number of aromatic amines is 1. The summed E-state index contributed by atoms with van der Waals surface area (Å²) in [6.45, 7) is 5.46. The molecular formula is C26H29N5O2S. The number of sulfonamides is 1. The highest BCUT2D eigenvalue weighted by Crippen LogP contribution is 2.32. The average molecular weight is 476 g/mol. The zero-order valence-electron chi connectivity index (χ0n) is 19.5. The molecule has 0 saturated carbocycles. The fourth-order valence-electron chi connectivity index (χ4n) is 4.40. The number of pyridine rings is 1. The largest absolute Gasteiger partial charge is 0.346 e. The fourth-order valence-corrected chi connectivity index (χ4v) is 4.96. The van der Waals surface area contributed by atoms with Gasteiger partial charge in [-0.1, -0.05) is 36.4 Å². The minimum Gasteiger partial charge on any atom is -0.346 e. The van der Waals surface area contributed by atoms with Crippen LogP contribution in [0, 0.1) is 0 Å². The van der Waals surface area contributed by atoms with Crippen LogP contribution in [0.4, 0.5) is 5.69 Å². The van der Waals surface area contributed by atoms with Crippen LogP contribution < -0.4 is 4.72 Å². The van der Waals surface area contributed by atoms with Crippen molar-refractivity contribution in [3.8, 4) is 22.3 Å². The second-order valence-corrected chi connectivity index (χ2v) is 10.8. The van der Waals surface area contributed by atoms with Gasteiger partial charge in [-0.2, -0.15) is 0 Å². The molecule has 1 saturated heterocycles. The van der Waals surface area contributed by atoms with Gasteiger partial charge in [-0.3, -0.25) is 9.62 Å². The molecule has 8 heteroatoms. The first kappa shape index (κ1) is 22.6. The molecule has 1 aliphatic heterocycles. The van der Waals surface area contributed by atoms with Crippen molar-refractivity contribution in [2.45, 2.75) is 6.54 Å². The lowest BCUT2D eigenvalue weighted by Crippen LogP contribution is -2.43. The number of hydrogen-bond donors (Lipinski definition) is 2. The van der Waals surface area contributed by atoms with Crippen molar-refractivity contribution in [3.05, 3.63) is 72.6 Å². The molecule has 2 aromatic heterocycles. The number of piperazine rings is 1. The summed E-state index contributed by atoms with van der Waals surface area (Å²) in [6.07, 6.45) is 4.99. The molecule has 5 rings (SSSR count). The van der Waals surface area contributed by atoms with Crippen LogP contribution in [0.5, 0.6) is 0 Å². The smallest absolute Gasteiger partial charge is 0.229 e. The van der Waals surface area contributed by atoms with Gasteiger partial charge in [0.1, 0.15) is 5.65 Å². The predicted molar refractivity (Wildman–Crippen MR) is 138 cm³/mol. The Morgan fingerprint density at radius 2 is 1.62 bits per heavy atom. The van der Waals surface area contributed by atoms with E-state index in [0.29, 0.717) is 5.69 Å². The first-order valence-electron chi connectivity index (χ1n) is 11.4. The van der Waals surface area contributed by atoms with E-state index in [9.17, 15) is 8.42 Å². The van der Waals surface area contributed by atoms with Crippen molar-refractivity contribution in [2.24, 2.45) is 0 Å². The highest BCUT2D eigenvalue weighted by Gasteiger charge is 2.14. The van der Waals surface area contributed by atoms with E-state index >= 15 is 0 Å². The van der Waals surface area contributed by atoms with E-state index in [1.807, 2.05) is 24.5 Å². The standard InChI is InChI=1S/C26H29N5O2S/c1-30-11-13-31(14-12-30)18-19-3-5-20(6-4-19)22-15-24-25(17-28-26(24)27-16-22)21-7-9-23(10-8-21)29-34(2,32)33/h3-10,15-17,29H,11-14,18H2,1-2H3,(H,27,28). The predicted octanol–water partition coefficient (Wildman–Crippen LogP) is 4.02. The zero-order chi connectivity index (χ0) is 23.7. The van der Waals surface area contributed by atoms with Gasteiger partial charge in [-0.15, -0.1) is 0 Å². The number of rotatable bonds is 6. The summed E-state index contributed by atoms with van der Waals surface area (Å²) in [5, 5.41) is 1.03. The van der Waals surface area contributed by atoms with Crippen LogP contribution in [-0.2, 0) is 16.6 Å². The third-order valence-corrected chi connectivity index (χ3v) is 6.93. The third kappa shape index (κ3) is 5.14. The summed E-state index contributed by atoms with van der Waals surface area (Å²) in [7, 11) is -1.12. The molecule has 0 spiro atoms. The van der Waals surface area contributed by atoms with E-state index in [-0.39, 0.29) is 0 Å². The van der Waals surface area contributed by atoms with Crippen LogP contribution in [0.25, 0.3) is 33.3 Å². The van der Waals surface area contributed by atoms with Gasteiger partial charge in [0.2, 0.25) is 10.0 Å². The maximum atomic E-state index is 11.5. The number of H-pyrrole nitrogens is 1. The summed E-state index contributed by atoms with van der Waals surface area (Å²) in [5.74, 6) is 0. The third-order valence-electron chi connectivity index (χ3n) is 6.32. The number of likely N-dealkylation sites (N-methyl/N-ethyl adjacent to an activating group) is 1. The summed E-state index contributed by atoms with van der Waals surface area (Å²) in [4.78, 5) is 12.8. The Morgan fingerprint density at radius 3 is 2.29 bits per heavy atom. The fraction of sp³-hybridized carbons (Fsp3) is 0.269. The van der Waals surface area contributed by atoms with Crippen LogP contribution in [0.3, 0.4) is 0 Å². The Kier molecular flexibility index (Phi) is 6.12. The Labute approximate surface area is 200 Å². The number of nitrogens with one attached hydrogen (secondary N) is 2. The quantitative estimate of drug-likeness (QED) is 0.440. The monoisotopic (exact) mass is 475 g/mol. The normalized spacial score (nSPS) is 15.6. The van der Waals surface area contributed by atoms with Crippen LogP contribution in [0.2, 0.25) is 0 Å². The summed E-state index contributed by atoms with van der Waals surface area (Å²) < 4.78 is 25.4. The van der Waals surface area contributed by atoms with Gasteiger partial charge in [0.15, 0.2) is 0 Å². The SMILES string of the molecule is CN1CCN(Cc2ccc(-c3cnc4[nH]cc(-c5ccc(NS(C)(=O)=O)cc5)c4c3)cc2)CC1. The summed E-state index contributed by atoms with van der Waals surface area (Å²) in [5.41, 5.74) is 6.91. The Hall–Kier alpha value is -3.20. The summed E-state index contributed by atoms with van der Waals surface area (Å²) >= 11 is 0. The molecule has 0 aliphatic carbocycles.